The smallest absolute Gasteiger partial charge is 0.254 e. The lowest BCUT2D eigenvalue weighted by Crippen LogP contribution is -2.47. The van der Waals surface area contributed by atoms with Gasteiger partial charge in [0.25, 0.3) is 5.91 Å². The molecule has 2 N–H and O–H groups in total. The molecule has 2 fully saturated rings. The van der Waals surface area contributed by atoms with E-state index in [0.29, 0.717) is 33.8 Å². The molecule has 1 aliphatic heterocycles. The first-order chi connectivity index (χ1) is 16.9. The van der Waals surface area contributed by atoms with Crippen molar-refractivity contribution in [1.82, 2.24) is 19.8 Å². The van der Waals surface area contributed by atoms with Crippen molar-refractivity contribution >= 4 is 50.9 Å². The topological polar surface area (TPSA) is 82.6 Å². The van der Waals surface area contributed by atoms with Crippen LogP contribution >= 0.6 is 27.5 Å². The van der Waals surface area contributed by atoms with Crippen molar-refractivity contribution in [3.63, 3.8) is 0 Å². The summed E-state index contributed by atoms with van der Waals surface area (Å²) in [4.78, 5) is 25.3. The van der Waals surface area contributed by atoms with E-state index in [0.717, 1.165) is 32.1 Å². The van der Waals surface area contributed by atoms with Crippen molar-refractivity contribution in [3.05, 3.63) is 35.0 Å². The van der Waals surface area contributed by atoms with Crippen LogP contribution < -0.4 is 15.4 Å². The van der Waals surface area contributed by atoms with Gasteiger partial charge < -0.3 is 25.2 Å². The molecule has 2 aliphatic rings. The number of hydrogen-bond donors (Lipinski definition) is 2. The molecule has 1 saturated carbocycles. The maximum absolute atomic E-state index is 12.7. The lowest BCUT2D eigenvalue weighted by Gasteiger charge is -2.32. The number of benzene rings is 1. The summed E-state index contributed by atoms with van der Waals surface area (Å²) in [5.74, 6) is 2.45. The van der Waals surface area contributed by atoms with E-state index >= 15 is 0 Å². The summed E-state index contributed by atoms with van der Waals surface area (Å²) >= 11 is 9.52. The molecule has 0 radical (unpaired) electrons. The van der Waals surface area contributed by atoms with Gasteiger partial charge in [-0.2, -0.15) is 4.98 Å². The van der Waals surface area contributed by atoms with E-state index in [4.69, 9.17) is 16.3 Å². The van der Waals surface area contributed by atoms with Crippen LogP contribution in [0.3, 0.4) is 0 Å². The molecular weight excluding hydrogens is 532 g/mol. The number of halogens is 2. The second-order valence-corrected chi connectivity index (χ2v) is 9.99. The second-order valence-electron chi connectivity index (χ2n) is 8.93. The number of likely N-dealkylation sites (N-methyl/N-ethyl adjacent to an activating group) is 1. The van der Waals surface area contributed by atoms with Gasteiger partial charge in [0.05, 0.1) is 19.0 Å². The number of alkyl halides is 1. The third-order valence-electron chi connectivity index (χ3n) is 6.41. The number of carbonyl (C=O) groups is 1. The van der Waals surface area contributed by atoms with Crippen molar-refractivity contribution in [1.29, 1.82) is 0 Å². The number of carbonyl (C=O) groups excluding carboxylic acids is 1. The molecule has 1 aliphatic carbocycles. The Bertz CT molecular complexity index is 965. The van der Waals surface area contributed by atoms with Gasteiger partial charge in [0.15, 0.2) is 0 Å². The molecule has 192 valence electrons. The maximum Gasteiger partial charge on any atom is 0.254 e. The van der Waals surface area contributed by atoms with Crippen LogP contribution in [0.5, 0.6) is 5.75 Å². The molecule has 10 heteroatoms. The lowest BCUT2D eigenvalue weighted by atomic mass is 9.91. The predicted molar refractivity (Wildman–Crippen MR) is 147 cm³/mol. The van der Waals surface area contributed by atoms with Gasteiger partial charge in [0.2, 0.25) is 5.95 Å². The first kappa shape index (κ1) is 27.5. The van der Waals surface area contributed by atoms with Crippen molar-refractivity contribution < 1.29 is 9.53 Å². The quantitative estimate of drug-likeness (QED) is 0.460. The third-order valence-corrected chi connectivity index (χ3v) is 7.60. The molecule has 8 nitrogen and oxygen atoms in total. The summed E-state index contributed by atoms with van der Waals surface area (Å²) in [7, 11) is 5.35. The molecule has 0 spiro atoms. The van der Waals surface area contributed by atoms with Gasteiger partial charge in [0.1, 0.15) is 16.6 Å². The van der Waals surface area contributed by atoms with E-state index in [1.165, 1.54) is 43.6 Å². The van der Waals surface area contributed by atoms with Crippen LogP contribution in [0.1, 0.15) is 42.5 Å². The van der Waals surface area contributed by atoms with Gasteiger partial charge in [-0.25, -0.2) is 4.98 Å². The third kappa shape index (κ3) is 7.95. The number of methoxy groups -OCH3 is 1. The van der Waals surface area contributed by atoms with Gasteiger partial charge >= 0.3 is 0 Å². The molecule has 4 rings (SSSR count). The number of nitrogens with one attached hydrogen (secondary N) is 2. The zero-order chi connectivity index (χ0) is 25.2. The van der Waals surface area contributed by atoms with Crippen molar-refractivity contribution in [2.75, 3.05) is 63.3 Å². The summed E-state index contributed by atoms with van der Waals surface area (Å²) in [6, 6.07) is 5.30. The molecule has 35 heavy (non-hydrogen) atoms. The van der Waals surface area contributed by atoms with Gasteiger partial charge in [0, 0.05) is 44.1 Å². The molecule has 1 aromatic carbocycles. The van der Waals surface area contributed by atoms with E-state index in [1.807, 2.05) is 4.90 Å². The van der Waals surface area contributed by atoms with E-state index < -0.39 is 0 Å². The number of anilines is 3. The minimum Gasteiger partial charge on any atom is -0.495 e. The fourth-order valence-corrected chi connectivity index (χ4v) is 5.02. The van der Waals surface area contributed by atoms with Crippen LogP contribution in [0.2, 0.25) is 5.02 Å². The molecule has 0 bridgehead atoms. The number of nitrogens with zero attached hydrogens (tertiary/aromatic N) is 4. The second kappa shape index (κ2) is 13.8. The lowest BCUT2D eigenvalue weighted by molar-refractivity contribution is 0.0664. The fourth-order valence-electron chi connectivity index (χ4n) is 4.18. The molecule has 0 unspecified atom stereocenters. The Balaban J connectivity index is 0.000000363. The molecule has 2 heterocycles. The Hall–Kier alpha value is -2.10. The van der Waals surface area contributed by atoms with Crippen molar-refractivity contribution in [2.45, 2.75) is 32.1 Å². The Labute approximate surface area is 221 Å². The maximum atomic E-state index is 12.7. The summed E-state index contributed by atoms with van der Waals surface area (Å²) < 4.78 is 5.45. The zero-order valence-corrected chi connectivity index (χ0v) is 23.2. The van der Waals surface area contributed by atoms with Crippen LogP contribution in [0.25, 0.3) is 0 Å². The van der Waals surface area contributed by atoms with E-state index in [-0.39, 0.29) is 5.91 Å². The normalized spacial score (nSPS) is 16.8. The molecule has 2 aromatic rings. The van der Waals surface area contributed by atoms with E-state index in [9.17, 15) is 4.79 Å². The first-order valence-corrected chi connectivity index (χ1v) is 13.6. The van der Waals surface area contributed by atoms with Crippen LogP contribution in [0.4, 0.5) is 17.5 Å². The van der Waals surface area contributed by atoms with Crippen molar-refractivity contribution in [2.24, 2.45) is 5.92 Å². The standard InChI is InChI=1S/C18H23ClN6O2.C7H13Br/c1-20-16-13(19)11-21-18(23-16)22-14-5-4-12(10-15(14)27-3)17(26)25-8-6-24(2)7-9-25;8-6-7-4-2-1-3-5-7/h4-5,10-11H,6-9H2,1-3H3,(H2,20,21,22,23);7H,1-6H2. The van der Waals surface area contributed by atoms with Gasteiger partial charge in [-0.05, 0) is 44.0 Å². The number of piperazine rings is 1. The number of ether oxygens (including phenoxy) is 1. The largest absolute Gasteiger partial charge is 0.495 e. The molecule has 1 saturated heterocycles. The van der Waals surface area contributed by atoms with Crippen LogP contribution in [0, 0.1) is 5.92 Å². The van der Waals surface area contributed by atoms with E-state index in [1.54, 1.807) is 32.4 Å². The summed E-state index contributed by atoms with van der Waals surface area (Å²) in [6.07, 6.45) is 8.85. The minimum atomic E-state index is 0.00756. The number of aromatic nitrogens is 2. The Kier molecular flexibility index (Phi) is 10.9. The summed E-state index contributed by atoms with van der Waals surface area (Å²) in [6.45, 7) is 3.21. The fraction of sp³-hybridized carbons (Fsp3) is 0.560. The first-order valence-electron chi connectivity index (χ1n) is 12.1. The highest BCUT2D eigenvalue weighted by molar-refractivity contribution is 9.09. The highest BCUT2D eigenvalue weighted by Gasteiger charge is 2.21. The minimum absolute atomic E-state index is 0.00756. The molecular formula is C25H36BrClN6O2. The summed E-state index contributed by atoms with van der Waals surface area (Å²) in [5.41, 5.74) is 1.26. The van der Waals surface area contributed by atoms with Crippen LogP contribution in [-0.2, 0) is 0 Å². The highest BCUT2D eigenvalue weighted by Crippen LogP contribution is 2.29. The zero-order valence-electron chi connectivity index (χ0n) is 20.8. The average Bonchev–Trinajstić information content (AvgIpc) is 2.90. The Morgan fingerprint density at radius 2 is 1.91 bits per heavy atom. The van der Waals surface area contributed by atoms with Crippen LogP contribution in [-0.4, -0.2) is 78.4 Å². The number of rotatable bonds is 6. The summed E-state index contributed by atoms with van der Waals surface area (Å²) in [5, 5.41) is 7.67. The molecule has 0 atom stereocenters. The van der Waals surface area contributed by atoms with Gasteiger partial charge in [-0.1, -0.05) is 46.8 Å². The number of amides is 1. The van der Waals surface area contributed by atoms with Gasteiger partial charge in [-0.15, -0.1) is 0 Å². The average molecular weight is 568 g/mol. The highest BCUT2D eigenvalue weighted by atomic mass is 79.9. The monoisotopic (exact) mass is 566 g/mol. The van der Waals surface area contributed by atoms with E-state index in [2.05, 4.69) is 48.5 Å². The predicted octanol–water partition coefficient (Wildman–Crippen LogP) is 5.27. The van der Waals surface area contributed by atoms with Crippen molar-refractivity contribution in [3.8, 4) is 5.75 Å². The molecule has 1 aromatic heterocycles. The Morgan fingerprint density at radius 3 is 2.51 bits per heavy atom. The number of hydrogen-bond acceptors (Lipinski definition) is 7. The Morgan fingerprint density at radius 1 is 1.20 bits per heavy atom. The van der Waals surface area contributed by atoms with Crippen LogP contribution in [0.15, 0.2) is 24.4 Å². The van der Waals surface area contributed by atoms with Gasteiger partial charge in [-0.3, -0.25) is 4.79 Å². The molecule has 1 amide bonds. The SMILES string of the molecule is BrCC1CCCCC1.CNc1nc(Nc2ccc(C(=O)N3CCN(C)CC3)cc2OC)ncc1Cl.